The first-order valence-corrected chi connectivity index (χ1v) is 3.52. The third-order valence-corrected chi connectivity index (χ3v) is 1.61. The number of hydrogen-bond acceptors (Lipinski definition) is 4. The maximum atomic E-state index is 10.5. The molecule has 0 saturated heterocycles. The molecule has 2 aromatic heterocycles. The summed E-state index contributed by atoms with van der Waals surface area (Å²) in [5.41, 5.74) is 6.11. The van der Waals surface area contributed by atoms with Crippen LogP contribution in [0.4, 0.5) is 5.82 Å². The van der Waals surface area contributed by atoms with Gasteiger partial charge in [-0.15, -0.1) is 5.10 Å². The van der Waals surface area contributed by atoms with Gasteiger partial charge in [-0.1, -0.05) is 0 Å². The van der Waals surface area contributed by atoms with Crippen molar-refractivity contribution in [3.8, 4) is 0 Å². The predicted molar refractivity (Wildman–Crippen MR) is 44.4 cm³/mol. The van der Waals surface area contributed by atoms with Crippen LogP contribution in [0.25, 0.3) is 5.52 Å². The minimum Gasteiger partial charge on any atom is -0.475 e. The summed E-state index contributed by atoms with van der Waals surface area (Å²) in [5, 5.41) is 12.3. The van der Waals surface area contributed by atoms with E-state index in [1.165, 1.54) is 4.52 Å². The summed E-state index contributed by atoms with van der Waals surface area (Å²) in [5.74, 6) is -1.33. The number of fused-ring (bicyclic) bond motifs is 1. The number of carboxylic acids is 1. The van der Waals surface area contributed by atoms with Crippen LogP contribution in [0.3, 0.4) is 0 Å². The van der Waals surface area contributed by atoms with Crippen LogP contribution in [0.5, 0.6) is 0 Å². The molecule has 2 rings (SSSR count). The normalized spacial score (nSPS) is 10.5. The van der Waals surface area contributed by atoms with Gasteiger partial charge < -0.3 is 10.8 Å². The molecule has 0 aliphatic carbocycles. The Balaban J connectivity index is 2.77. The van der Waals surface area contributed by atoms with Crippen molar-refractivity contribution in [1.29, 1.82) is 0 Å². The Labute approximate surface area is 72.6 Å². The molecule has 66 valence electrons. The number of nitrogen functional groups attached to an aromatic ring is 1. The van der Waals surface area contributed by atoms with Gasteiger partial charge in [0.1, 0.15) is 5.52 Å². The lowest BCUT2D eigenvalue weighted by Crippen LogP contribution is -2.10. The minimum atomic E-state index is -1.19. The van der Waals surface area contributed by atoms with Crippen molar-refractivity contribution >= 4 is 17.3 Å². The number of nitrogens with two attached hydrogens (primary N) is 1. The Morgan fingerprint density at radius 3 is 3.08 bits per heavy atom. The molecule has 6 heteroatoms. The third kappa shape index (κ3) is 1.08. The van der Waals surface area contributed by atoms with Crippen molar-refractivity contribution in [3.63, 3.8) is 0 Å². The summed E-state index contributed by atoms with van der Waals surface area (Å²) in [6, 6.07) is 3.42. The summed E-state index contributed by atoms with van der Waals surface area (Å²) in [7, 11) is 0. The number of aromatic carboxylic acids is 1. The highest BCUT2D eigenvalue weighted by Crippen LogP contribution is 2.09. The number of hydrogen-bond donors (Lipinski definition) is 2. The number of carboxylic acid groups (broad SMARTS) is 1. The zero-order chi connectivity index (χ0) is 9.42. The van der Waals surface area contributed by atoms with Gasteiger partial charge in [0.2, 0.25) is 0 Å². The molecule has 0 saturated carbocycles. The minimum absolute atomic E-state index is 0.164. The molecular formula is C7H6N4O2. The van der Waals surface area contributed by atoms with Gasteiger partial charge in [0.15, 0.2) is 5.82 Å². The van der Waals surface area contributed by atoms with Crippen molar-refractivity contribution in [2.45, 2.75) is 0 Å². The van der Waals surface area contributed by atoms with E-state index in [1.54, 1.807) is 18.3 Å². The van der Waals surface area contributed by atoms with Crippen LogP contribution in [-0.4, -0.2) is 25.7 Å². The molecule has 0 spiro atoms. The van der Waals surface area contributed by atoms with Crippen LogP contribution in [-0.2, 0) is 0 Å². The summed E-state index contributed by atoms with van der Waals surface area (Å²) in [6.07, 6.45) is 1.61. The van der Waals surface area contributed by atoms with Gasteiger partial charge in [0, 0.05) is 6.20 Å². The summed E-state index contributed by atoms with van der Waals surface area (Å²) >= 11 is 0. The van der Waals surface area contributed by atoms with Crippen molar-refractivity contribution in [1.82, 2.24) is 14.6 Å². The number of nitrogens with zero attached hydrogens (tertiary/aromatic N) is 3. The second kappa shape index (κ2) is 2.44. The zero-order valence-corrected chi connectivity index (χ0v) is 6.51. The highest BCUT2D eigenvalue weighted by atomic mass is 16.4. The van der Waals surface area contributed by atoms with Crippen LogP contribution in [0.1, 0.15) is 10.6 Å². The molecule has 2 aromatic rings. The Hall–Kier alpha value is -2.11. The molecule has 0 amide bonds. The van der Waals surface area contributed by atoms with E-state index in [9.17, 15) is 4.79 Å². The van der Waals surface area contributed by atoms with Gasteiger partial charge >= 0.3 is 5.97 Å². The number of anilines is 1. The van der Waals surface area contributed by atoms with Gasteiger partial charge in [-0.3, -0.25) is 0 Å². The van der Waals surface area contributed by atoms with Gasteiger partial charge in [-0.2, -0.15) is 0 Å². The smallest absolute Gasteiger partial charge is 0.375 e. The lowest BCUT2D eigenvalue weighted by molar-refractivity contribution is 0.0682. The molecule has 3 N–H and O–H groups in total. The topological polar surface area (TPSA) is 93.5 Å². The number of aromatic nitrogens is 3. The highest BCUT2D eigenvalue weighted by Gasteiger charge is 2.10. The monoisotopic (exact) mass is 178 g/mol. The zero-order valence-electron chi connectivity index (χ0n) is 6.51. The molecule has 6 nitrogen and oxygen atoms in total. The second-order valence-corrected chi connectivity index (χ2v) is 2.46. The van der Waals surface area contributed by atoms with Gasteiger partial charge in [-0.25, -0.2) is 14.3 Å². The van der Waals surface area contributed by atoms with E-state index in [-0.39, 0.29) is 11.6 Å². The molecule has 0 aliphatic heterocycles. The largest absolute Gasteiger partial charge is 0.475 e. The molecule has 0 aliphatic rings. The molecular weight excluding hydrogens is 172 g/mol. The van der Waals surface area contributed by atoms with Crippen LogP contribution in [0.15, 0.2) is 18.3 Å². The van der Waals surface area contributed by atoms with E-state index in [1.807, 2.05) is 0 Å². The maximum absolute atomic E-state index is 10.5. The van der Waals surface area contributed by atoms with Gasteiger partial charge in [-0.05, 0) is 12.1 Å². The first kappa shape index (κ1) is 7.53. The van der Waals surface area contributed by atoms with Crippen molar-refractivity contribution < 1.29 is 9.90 Å². The standard InChI is InChI=1S/C7H6N4O2/c8-5-4-2-1-3-11(4)10-6(9-5)7(12)13/h1-3H,(H,12,13)(H2,8,9,10). The lowest BCUT2D eigenvalue weighted by Gasteiger charge is -1.98. The average Bonchev–Trinajstić information content (AvgIpc) is 2.51. The molecule has 13 heavy (non-hydrogen) atoms. The first-order valence-electron chi connectivity index (χ1n) is 3.52. The lowest BCUT2D eigenvalue weighted by atomic mass is 10.5. The van der Waals surface area contributed by atoms with Gasteiger partial charge in [0.05, 0.1) is 0 Å². The van der Waals surface area contributed by atoms with E-state index in [0.29, 0.717) is 5.52 Å². The fraction of sp³-hybridized carbons (Fsp3) is 0. The fourth-order valence-corrected chi connectivity index (χ4v) is 1.05. The van der Waals surface area contributed by atoms with Crippen LogP contribution in [0.2, 0.25) is 0 Å². The maximum Gasteiger partial charge on any atom is 0.375 e. The number of rotatable bonds is 1. The summed E-state index contributed by atoms with van der Waals surface area (Å²) in [4.78, 5) is 14.1. The molecule has 0 bridgehead atoms. The Morgan fingerprint density at radius 1 is 1.62 bits per heavy atom. The summed E-state index contributed by atoms with van der Waals surface area (Å²) < 4.78 is 1.38. The Bertz CT molecular complexity index is 476. The average molecular weight is 178 g/mol. The van der Waals surface area contributed by atoms with Crippen molar-refractivity contribution in [3.05, 3.63) is 24.2 Å². The summed E-state index contributed by atoms with van der Waals surface area (Å²) in [6.45, 7) is 0. The molecule has 0 radical (unpaired) electrons. The number of carbonyl (C=O) groups is 1. The molecule has 0 aromatic carbocycles. The van der Waals surface area contributed by atoms with E-state index in [4.69, 9.17) is 10.8 Å². The first-order chi connectivity index (χ1) is 6.18. The van der Waals surface area contributed by atoms with E-state index in [0.717, 1.165) is 0 Å². The Kier molecular flexibility index (Phi) is 1.42. The van der Waals surface area contributed by atoms with Crippen molar-refractivity contribution in [2.24, 2.45) is 0 Å². The molecule has 2 heterocycles. The third-order valence-electron chi connectivity index (χ3n) is 1.61. The quantitative estimate of drug-likeness (QED) is 0.641. The second-order valence-electron chi connectivity index (χ2n) is 2.46. The van der Waals surface area contributed by atoms with Gasteiger partial charge in [0.25, 0.3) is 5.82 Å². The predicted octanol–water partition coefficient (Wildman–Crippen LogP) is 0.00970. The molecule has 0 fully saturated rings. The van der Waals surface area contributed by atoms with Crippen LogP contribution < -0.4 is 5.73 Å². The highest BCUT2D eigenvalue weighted by molar-refractivity contribution is 5.84. The van der Waals surface area contributed by atoms with Crippen LogP contribution >= 0.6 is 0 Å². The SMILES string of the molecule is Nc1nc(C(=O)O)nn2cccc12. The van der Waals surface area contributed by atoms with E-state index < -0.39 is 5.97 Å². The van der Waals surface area contributed by atoms with Crippen LogP contribution in [0, 0.1) is 0 Å². The molecule has 0 unspecified atom stereocenters. The van der Waals surface area contributed by atoms with Crippen molar-refractivity contribution in [2.75, 3.05) is 5.73 Å². The molecule has 0 atom stereocenters. The Morgan fingerprint density at radius 2 is 2.38 bits per heavy atom. The van der Waals surface area contributed by atoms with E-state index in [2.05, 4.69) is 10.1 Å². The fourth-order valence-electron chi connectivity index (χ4n) is 1.05. The van der Waals surface area contributed by atoms with E-state index >= 15 is 0 Å².